The van der Waals surface area contributed by atoms with E-state index in [-0.39, 0.29) is 34.4 Å². The van der Waals surface area contributed by atoms with Gasteiger partial charge in [0.2, 0.25) is 5.88 Å². The second-order valence-corrected chi connectivity index (χ2v) is 10.4. The molecule has 1 aromatic carbocycles. The van der Waals surface area contributed by atoms with Crippen LogP contribution >= 0.6 is 0 Å². The van der Waals surface area contributed by atoms with Crippen molar-refractivity contribution < 1.29 is 17.9 Å². The number of nitrogens with zero attached hydrogens (tertiary/aromatic N) is 3. The van der Waals surface area contributed by atoms with E-state index < -0.39 is 15.9 Å². The van der Waals surface area contributed by atoms with Gasteiger partial charge in [-0.2, -0.15) is 8.42 Å². The summed E-state index contributed by atoms with van der Waals surface area (Å²) in [6, 6.07) is 20.2. The van der Waals surface area contributed by atoms with Gasteiger partial charge in [-0.05, 0) is 56.7 Å². The van der Waals surface area contributed by atoms with Gasteiger partial charge in [-0.1, -0.05) is 36.4 Å². The van der Waals surface area contributed by atoms with E-state index in [1.165, 1.54) is 24.3 Å². The number of hydrogen-bond donors (Lipinski definition) is 3. The van der Waals surface area contributed by atoms with Crippen molar-refractivity contribution in [2.45, 2.75) is 37.9 Å². The topological polar surface area (TPSA) is 149 Å². The number of amides is 1. The molecule has 0 fully saturated rings. The minimum Gasteiger partial charge on any atom is -0.475 e. The molecule has 0 aliphatic carbocycles. The highest BCUT2D eigenvalue weighted by Gasteiger charge is 2.24. The van der Waals surface area contributed by atoms with Crippen LogP contribution in [0.3, 0.4) is 0 Å². The lowest BCUT2D eigenvalue weighted by molar-refractivity contribution is 0.0981. The average molecular weight is 533 g/mol. The zero-order chi connectivity index (χ0) is 27.3. The second-order valence-electron chi connectivity index (χ2n) is 8.76. The van der Waals surface area contributed by atoms with Crippen molar-refractivity contribution in [1.82, 2.24) is 19.7 Å². The molecule has 1 amide bonds. The normalized spacial score (nSPS) is 12.1. The third-order valence-electron chi connectivity index (χ3n) is 5.43. The largest absolute Gasteiger partial charge is 0.475 e. The fraction of sp³-hybridized carbons (Fsp3) is 0.185. The zero-order valence-electron chi connectivity index (χ0n) is 21.1. The van der Waals surface area contributed by atoms with Crippen molar-refractivity contribution in [2.24, 2.45) is 0 Å². The Hall–Kier alpha value is -4.51. The van der Waals surface area contributed by atoms with Gasteiger partial charge in [0.15, 0.2) is 5.03 Å². The summed E-state index contributed by atoms with van der Waals surface area (Å²) in [5.41, 5.74) is 7.84. The molecule has 1 unspecified atom stereocenters. The summed E-state index contributed by atoms with van der Waals surface area (Å²) >= 11 is 0. The number of carbonyl (C=O) groups excluding carboxylic acids is 1. The molecule has 11 heteroatoms. The second kappa shape index (κ2) is 11.3. The third-order valence-corrected chi connectivity index (χ3v) is 6.66. The van der Waals surface area contributed by atoms with Crippen LogP contribution in [0.4, 0.5) is 11.6 Å². The lowest BCUT2D eigenvalue weighted by Crippen LogP contribution is -2.32. The molecule has 0 saturated heterocycles. The van der Waals surface area contributed by atoms with Gasteiger partial charge in [0.25, 0.3) is 15.9 Å². The molecule has 38 heavy (non-hydrogen) atoms. The number of benzene rings is 1. The number of rotatable bonds is 9. The maximum absolute atomic E-state index is 13.2. The molecule has 196 valence electrons. The first-order valence-electron chi connectivity index (χ1n) is 11.9. The van der Waals surface area contributed by atoms with E-state index >= 15 is 0 Å². The Balaban J connectivity index is 1.68. The number of nitrogens with two attached hydrogens (primary N) is 1. The first-order valence-corrected chi connectivity index (χ1v) is 13.4. The Kier molecular flexibility index (Phi) is 7.87. The standard InChI is InChI=1S/C27H28N6O4S/c1-17(2)37-24-15-12-20(16-29-24)22-14-13-21(26(31-22)30-18(3)19-8-5-4-6-9-19)27(34)33-38(35,36)25-11-7-10-23(28)32-25/h4-18H,1-3H3,(H2,28,32)(H,30,31)(H,33,34). The summed E-state index contributed by atoms with van der Waals surface area (Å²) in [6.45, 7) is 5.74. The van der Waals surface area contributed by atoms with Crippen molar-refractivity contribution in [3.05, 3.63) is 90.1 Å². The molecular formula is C27H28N6O4S. The van der Waals surface area contributed by atoms with E-state index in [0.29, 0.717) is 17.1 Å². The predicted molar refractivity (Wildman–Crippen MR) is 145 cm³/mol. The maximum Gasteiger partial charge on any atom is 0.281 e. The van der Waals surface area contributed by atoms with Crippen LogP contribution < -0.4 is 20.5 Å². The Morgan fingerprint density at radius 2 is 1.68 bits per heavy atom. The van der Waals surface area contributed by atoms with Gasteiger partial charge < -0.3 is 15.8 Å². The number of anilines is 2. The van der Waals surface area contributed by atoms with Gasteiger partial charge in [0.05, 0.1) is 17.4 Å². The number of sulfonamides is 1. The lowest BCUT2D eigenvalue weighted by Gasteiger charge is -2.18. The minimum atomic E-state index is -4.27. The molecular weight excluding hydrogens is 504 g/mol. The highest BCUT2D eigenvalue weighted by atomic mass is 32.2. The molecule has 4 rings (SSSR count). The molecule has 0 spiro atoms. The van der Waals surface area contributed by atoms with Crippen LogP contribution in [0.25, 0.3) is 11.3 Å². The quantitative estimate of drug-likeness (QED) is 0.288. The molecule has 1 atom stereocenters. The van der Waals surface area contributed by atoms with Crippen LogP contribution in [0.15, 0.2) is 84.0 Å². The zero-order valence-corrected chi connectivity index (χ0v) is 21.9. The van der Waals surface area contributed by atoms with E-state index in [9.17, 15) is 13.2 Å². The molecule has 0 saturated carbocycles. The number of aromatic nitrogens is 3. The summed E-state index contributed by atoms with van der Waals surface area (Å²) < 4.78 is 33.3. The molecule has 10 nitrogen and oxygen atoms in total. The minimum absolute atomic E-state index is 0.0154. The van der Waals surface area contributed by atoms with Gasteiger partial charge in [-0.25, -0.2) is 19.7 Å². The van der Waals surface area contributed by atoms with Crippen molar-refractivity contribution in [2.75, 3.05) is 11.1 Å². The van der Waals surface area contributed by atoms with Gasteiger partial charge in [-0.3, -0.25) is 4.79 Å². The number of carbonyl (C=O) groups is 1. The van der Waals surface area contributed by atoms with E-state index in [1.807, 2.05) is 57.2 Å². The smallest absolute Gasteiger partial charge is 0.281 e. The van der Waals surface area contributed by atoms with Crippen molar-refractivity contribution in [1.29, 1.82) is 0 Å². The fourth-order valence-electron chi connectivity index (χ4n) is 3.60. The summed E-state index contributed by atoms with van der Waals surface area (Å²) in [5.74, 6) is -0.163. The highest BCUT2D eigenvalue weighted by molar-refractivity contribution is 7.90. The van der Waals surface area contributed by atoms with Gasteiger partial charge in [0.1, 0.15) is 11.6 Å². The van der Waals surface area contributed by atoms with E-state index in [0.717, 1.165) is 5.56 Å². The first kappa shape index (κ1) is 26.6. The molecule has 0 radical (unpaired) electrons. The third kappa shape index (κ3) is 6.43. The van der Waals surface area contributed by atoms with Crippen LogP contribution in [0.1, 0.15) is 42.7 Å². The van der Waals surface area contributed by atoms with Crippen molar-refractivity contribution in [3.8, 4) is 17.1 Å². The molecule has 3 aromatic heterocycles. The Morgan fingerprint density at radius 3 is 2.34 bits per heavy atom. The molecule has 3 heterocycles. The number of ether oxygens (including phenoxy) is 1. The summed E-state index contributed by atoms with van der Waals surface area (Å²) in [4.78, 5) is 26.0. The van der Waals surface area contributed by atoms with Crippen LogP contribution in [0.5, 0.6) is 5.88 Å². The monoisotopic (exact) mass is 532 g/mol. The summed E-state index contributed by atoms with van der Waals surface area (Å²) in [6.07, 6.45) is 1.61. The summed E-state index contributed by atoms with van der Waals surface area (Å²) in [5, 5.41) is 2.88. The van der Waals surface area contributed by atoms with Crippen LogP contribution in [-0.4, -0.2) is 35.4 Å². The Morgan fingerprint density at radius 1 is 0.921 bits per heavy atom. The maximum atomic E-state index is 13.2. The molecule has 0 bridgehead atoms. The van der Waals surface area contributed by atoms with Crippen LogP contribution in [-0.2, 0) is 10.0 Å². The highest BCUT2D eigenvalue weighted by Crippen LogP contribution is 2.26. The van der Waals surface area contributed by atoms with Crippen molar-refractivity contribution >= 4 is 27.6 Å². The molecule has 4 N–H and O–H groups in total. The van der Waals surface area contributed by atoms with Gasteiger partial charge in [0, 0.05) is 23.9 Å². The molecule has 0 aliphatic heterocycles. The van der Waals surface area contributed by atoms with E-state index in [1.54, 1.807) is 18.3 Å². The fourth-order valence-corrected chi connectivity index (χ4v) is 4.54. The van der Waals surface area contributed by atoms with E-state index in [4.69, 9.17) is 10.5 Å². The molecule has 0 aliphatic rings. The number of nitrogen functional groups attached to an aromatic ring is 1. The van der Waals surface area contributed by atoms with Gasteiger partial charge >= 0.3 is 0 Å². The SMILES string of the molecule is CC(C)Oc1ccc(-c2ccc(C(=O)NS(=O)(=O)c3cccc(N)n3)c(NC(C)c3ccccc3)n2)cn1. The lowest BCUT2D eigenvalue weighted by atomic mass is 10.1. The summed E-state index contributed by atoms with van der Waals surface area (Å²) in [7, 11) is -4.27. The average Bonchev–Trinajstić information content (AvgIpc) is 2.89. The van der Waals surface area contributed by atoms with Gasteiger partial charge in [-0.15, -0.1) is 0 Å². The molecule has 4 aromatic rings. The van der Waals surface area contributed by atoms with Crippen molar-refractivity contribution in [3.63, 3.8) is 0 Å². The Labute approximate surface area is 221 Å². The number of nitrogens with one attached hydrogen (secondary N) is 2. The number of hydrogen-bond acceptors (Lipinski definition) is 9. The number of pyridine rings is 3. The van der Waals surface area contributed by atoms with E-state index in [2.05, 4.69) is 25.0 Å². The first-order chi connectivity index (χ1) is 18.1. The predicted octanol–water partition coefficient (Wildman–Crippen LogP) is 4.20. The van der Waals surface area contributed by atoms with Crippen LogP contribution in [0, 0.1) is 0 Å². The van der Waals surface area contributed by atoms with Crippen LogP contribution in [0.2, 0.25) is 0 Å². The Bertz CT molecular complexity index is 1530.